The SMILES string of the molecule is C=CN(C(=O)C(F)(F)F)c1cnc(N(CC)CC)nc1N[C@@H](Cc1ccc(OC(=O)N2CCCC2)cc1)C(=O)OC(C)(C)C. The van der Waals surface area contributed by atoms with Gasteiger partial charge in [-0.3, -0.25) is 9.69 Å². The Morgan fingerprint density at radius 1 is 1.09 bits per heavy atom. The van der Waals surface area contributed by atoms with Crippen LogP contribution in [0.4, 0.5) is 35.4 Å². The molecule has 2 heterocycles. The molecule has 0 bridgehead atoms. The minimum atomic E-state index is -5.21. The van der Waals surface area contributed by atoms with Crippen LogP contribution >= 0.6 is 0 Å². The highest BCUT2D eigenvalue weighted by atomic mass is 19.4. The molecule has 240 valence electrons. The number of hydrogen-bond acceptors (Lipinski definition) is 9. The smallest absolute Gasteiger partial charge is 0.458 e. The Balaban J connectivity index is 1.98. The van der Waals surface area contributed by atoms with Gasteiger partial charge in [-0.25, -0.2) is 14.6 Å². The van der Waals surface area contributed by atoms with E-state index in [0.29, 0.717) is 43.7 Å². The molecule has 1 atom stereocenters. The number of carbonyl (C=O) groups excluding carboxylic acids is 3. The second kappa shape index (κ2) is 14.4. The second-order valence-electron chi connectivity index (χ2n) is 11.1. The van der Waals surface area contributed by atoms with Crippen molar-refractivity contribution in [2.24, 2.45) is 0 Å². The van der Waals surface area contributed by atoms with Gasteiger partial charge in [0, 0.05) is 38.8 Å². The molecule has 1 aromatic heterocycles. The quantitative estimate of drug-likeness (QED) is 0.333. The minimum absolute atomic E-state index is 0.0145. The summed E-state index contributed by atoms with van der Waals surface area (Å²) < 4.78 is 51.5. The van der Waals surface area contributed by atoms with Gasteiger partial charge in [-0.15, -0.1) is 0 Å². The number of amides is 2. The number of alkyl halides is 3. The van der Waals surface area contributed by atoms with Crippen molar-refractivity contribution in [2.45, 2.75) is 71.7 Å². The average Bonchev–Trinajstić information content (AvgIpc) is 3.50. The van der Waals surface area contributed by atoms with Crippen molar-refractivity contribution in [2.75, 3.05) is 41.3 Å². The Morgan fingerprint density at radius 2 is 1.70 bits per heavy atom. The molecule has 1 N–H and O–H groups in total. The van der Waals surface area contributed by atoms with E-state index >= 15 is 0 Å². The van der Waals surface area contributed by atoms with Crippen LogP contribution < -0.4 is 19.9 Å². The van der Waals surface area contributed by atoms with Crippen LogP contribution in [0.2, 0.25) is 0 Å². The number of likely N-dealkylation sites (tertiary alicyclic amines) is 1. The van der Waals surface area contributed by atoms with Crippen molar-refractivity contribution in [1.29, 1.82) is 0 Å². The maximum Gasteiger partial charge on any atom is 0.472 e. The fourth-order valence-corrected chi connectivity index (χ4v) is 4.46. The van der Waals surface area contributed by atoms with Gasteiger partial charge >= 0.3 is 24.1 Å². The standard InChI is InChI=1S/C30H39F3N6O5/c1-7-37(8-2)27-34-19-23(39(9-3)26(41)30(31,32)33)24(36-27)35-22(25(40)44-29(4,5)6)18-20-12-14-21(15-13-20)43-28(42)38-16-10-11-17-38/h9,12-15,19,22H,3,7-8,10-11,16-18H2,1-2,4-6H3,(H,34,35,36)/t22-/m0/s1. The number of ether oxygens (including phenoxy) is 2. The summed E-state index contributed by atoms with van der Waals surface area (Å²) in [4.78, 5) is 50.3. The topological polar surface area (TPSA) is 117 Å². The van der Waals surface area contributed by atoms with E-state index in [9.17, 15) is 27.6 Å². The molecule has 2 amide bonds. The zero-order valence-corrected chi connectivity index (χ0v) is 25.6. The highest BCUT2D eigenvalue weighted by Crippen LogP contribution is 2.31. The summed E-state index contributed by atoms with van der Waals surface area (Å²) in [6, 6.07) is 5.35. The van der Waals surface area contributed by atoms with E-state index in [0.717, 1.165) is 19.0 Å². The first-order valence-electron chi connectivity index (χ1n) is 14.4. The molecule has 1 aliphatic rings. The van der Waals surface area contributed by atoms with Crippen molar-refractivity contribution < 1.29 is 37.0 Å². The van der Waals surface area contributed by atoms with Gasteiger partial charge in [0.05, 0.1) is 6.20 Å². The molecule has 2 aromatic rings. The third-order valence-electron chi connectivity index (χ3n) is 6.64. The Hall–Kier alpha value is -4.36. The predicted molar refractivity (Wildman–Crippen MR) is 160 cm³/mol. The summed E-state index contributed by atoms with van der Waals surface area (Å²) in [7, 11) is 0. The lowest BCUT2D eigenvalue weighted by Crippen LogP contribution is -2.41. The predicted octanol–water partition coefficient (Wildman–Crippen LogP) is 5.32. The second-order valence-corrected chi connectivity index (χ2v) is 11.1. The van der Waals surface area contributed by atoms with Crippen molar-refractivity contribution in [3.63, 3.8) is 0 Å². The highest BCUT2D eigenvalue weighted by molar-refractivity contribution is 6.01. The molecule has 14 heteroatoms. The fourth-order valence-electron chi connectivity index (χ4n) is 4.46. The summed E-state index contributed by atoms with van der Waals surface area (Å²) in [6.45, 7) is 14.4. The zero-order chi connectivity index (χ0) is 32.7. The summed E-state index contributed by atoms with van der Waals surface area (Å²) >= 11 is 0. The van der Waals surface area contributed by atoms with Gasteiger partial charge in [-0.2, -0.15) is 18.2 Å². The summed E-state index contributed by atoms with van der Waals surface area (Å²) in [6.07, 6.45) is -2.01. The van der Waals surface area contributed by atoms with E-state index in [1.807, 2.05) is 13.8 Å². The first-order chi connectivity index (χ1) is 20.7. The zero-order valence-electron chi connectivity index (χ0n) is 25.6. The monoisotopic (exact) mass is 620 g/mol. The third kappa shape index (κ3) is 9.07. The average molecular weight is 621 g/mol. The van der Waals surface area contributed by atoms with Crippen molar-refractivity contribution in [3.05, 3.63) is 48.8 Å². The lowest BCUT2D eigenvalue weighted by atomic mass is 10.0. The largest absolute Gasteiger partial charge is 0.472 e. The number of anilines is 3. The molecule has 1 aromatic carbocycles. The van der Waals surface area contributed by atoms with E-state index < -0.39 is 35.8 Å². The normalized spacial score (nSPS) is 14.0. The van der Waals surface area contributed by atoms with E-state index in [-0.39, 0.29) is 28.8 Å². The number of hydrogen-bond donors (Lipinski definition) is 1. The number of nitrogens with zero attached hydrogens (tertiary/aromatic N) is 5. The maximum absolute atomic E-state index is 13.5. The van der Waals surface area contributed by atoms with E-state index in [1.54, 1.807) is 54.8 Å². The summed E-state index contributed by atoms with van der Waals surface area (Å²) in [5.74, 6) is -2.61. The minimum Gasteiger partial charge on any atom is -0.458 e. The van der Waals surface area contributed by atoms with Gasteiger partial charge in [-0.05, 0) is 65.2 Å². The lowest BCUT2D eigenvalue weighted by Gasteiger charge is -2.28. The van der Waals surface area contributed by atoms with Crippen LogP contribution in [0, 0.1) is 0 Å². The molecule has 1 aliphatic heterocycles. The number of benzene rings is 1. The summed E-state index contributed by atoms with van der Waals surface area (Å²) in [5, 5.41) is 2.91. The van der Waals surface area contributed by atoms with E-state index in [4.69, 9.17) is 9.47 Å². The van der Waals surface area contributed by atoms with Crippen LogP contribution in [-0.2, 0) is 20.7 Å². The molecular weight excluding hydrogens is 581 g/mol. The molecule has 0 spiro atoms. The maximum atomic E-state index is 13.5. The van der Waals surface area contributed by atoms with E-state index in [1.165, 1.54) is 0 Å². The van der Waals surface area contributed by atoms with Crippen LogP contribution in [0.25, 0.3) is 0 Å². The van der Waals surface area contributed by atoms with Gasteiger partial charge in [0.1, 0.15) is 23.1 Å². The molecular formula is C30H39F3N6O5. The molecule has 0 saturated carbocycles. The number of nitrogens with one attached hydrogen (secondary N) is 1. The number of halogens is 3. The van der Waals surface area contributed by atoms with Crippen LogP contribution in [-0.4, -0.2) is 76.8 Å². The molecule has 1 saturated heterocycles. The molecule has 44 heavy (non-hydrogen) atoms. The van der Waals surface area contributed by atoms with Gasteiger partial charge in [-0.1, -0.05) is 18.7 Å². The summed E-state index contributed by atoms with van der Waals surface area (Å²) in [5.41, 5.74) is -0.609. The first-order valence-corrected chi connectivity index (χ1v) is 14.4. The van der Waals surface area contributed by atoms with Gasteiger partial charge in [0.25, 0.3) is 0 Å². The van der Waals surface area contributed by atoms with Crippen LogP contribution in [0.5, 0.6) is 5.75 Å². The number of rotatable bonds is 11. The van der Waals surface area contributed by atoms with Crippen molar-refractivity contribution >= 4 is 35.4 Å². The first kappa shape index (κ1) is 34.1. The molecule has 0 unspecified atom stereocenters. The molecule has 0 aliphatic carbocycles. The highest BCUT2D eigenvalue weighted by Gasteiger charge is 2.43. The van der Waals surface area contributed by atoms with Crippen molar-refractivity contribution in [3.8, 4) is 5.75 Å². The molecule has 11 nitrogen and oxygen atoms in total. The lowest BCUT2D eigenvalue weighted by molar-refractivity contribution is -0.169. The Bertz CT molecular complexity index is 1320. The fraction of sp³-hybridized carbons (Fsp3) is 0.500. The van der Waals surface area contributed by atoms with Gasteiger partial charge in [0.15, 0.2) is 5.82 Å². The Morgan fingerprint density at radius 3 is 2.23 bits per heavy atom. The molecule has 0 radical (unpaired) electrons. The van der Waals surface area contributed by atoms with Crippen LogP contribution in [0.15, 0.2) is 43.2 Å². The molecule has 3 rings (SSSR count). The molecule has 1 fully saturated rings. The third-order valence-corrected chi connectivity index (χ3v) is 6.64. The Labute approximate surface area is 255 Å². The number of carbonyl (C=O) groups is 3. The van der Waals surface area contributed by atoms with E-state index in [2.05, 4.69) is 21.9 Å². The van der Waals surface area contributed by atoms with Gasteiger partial charge < -0.3 is 24.6 Å². The number of esters is 1. The van der Waals surface area contributed by atoms with Gasteiger partial charge in [0.2, 0.25) is 5.95 Å². The number of aromatic nitrogens is 2. The van der Waals surface area contributed by atoms with Crippen molar-refractivity contribution in [1.82, 2.24) is 14.9 Å². The van der Waals surface area contributed by atoms with Crippen LogP contribution in [0.1, 0.15) is 53.0 Å². The Kier molecular flexibility index (Phi) is 11.2. The van der Waals surface area contributed by atoms with Crippen LogP contribution in [0.3, 0.4) is 0 Å².